The Labute approximate surface area is 130 Å². The molecule has 1 atom stereocenters. The van der Waals surface area contributed by atoms with Crippen molar-refractivity contribution in [3.05, 3.63) is 33.9 Å². The van der Waals surface area contributed by atoms with Crippen LogP contribution in [-0.4, -0.2) is 23.4 Å². The topological polar surface area (TPSA) is 46.5 Å². The van der Waals surface area contributed by atoms with E-state index in [0.29, 0.717) is 10.6 Å². The van der Waals surface area contributed by atoms with Crippen molar-refractivity contribution in [3.8, 4) is 5.75 Å². The molecule has 2 rings (SSSR count). The number of carboxylic acid groups (broad SMARTS) is 1. The van der Waals surface area contributed by atoms with Gasteiger partial charge in [-0.05, 0) is 23.6 Å². The van der Waals surface area contributed by atoms with Gasteiger partial charge in [-0.25, -0.2) is 4.79 Å². The molecule has 0 radical (unpaired) electrons. The molecule has 1 aromatic rings. The number of hydrogen-bond donors (Lipinski definition) is 1. The molecule has 0 bridgehead atoms. The molecule has 0 spiro atoms. The summed E-state index contributed by atoms with van der Waals surface area (Å²) in [5.41, 5.74) is -0.651. The summed E-state index contributed by atoms with van der Waals surface area (Å²) in [6.45, 7) is 5.42. The van der Waals surface area contributed by atoms with E-state index in [4.69, 9.17) is 21.4 Å². The molecule has 0 fully saturated rings. The highest BCUT2D eigenvalue weighted by molar-refractivity contribution is 6.31. The molecule has 0 saturated heterocycles. The van der Waals surface area contributed by atoms with E-state index in [0.717, 1.165) is 6.08 Å². The van der Waals surface area contributed by atoms with Crippen LogP contribution in [0, 0.1) is 0 Å². The number of hydrogen-bond acceptors (Lipinski definition) is 2. The van der Waals surface area contributed by atoms with E-state index in [-0.39, 0.29) is 11.3 Å². The van der Waals surface area contributed by atoms with E-state index in [1.54, 1.807) is 20.8 Å². The lowest BCUT2D eigenvalue weighted by molar-refractivity contribution is -0.187. The van der Waals surface area contributed by atoms with Crippen LogP contribution in [0.15, 0.2) is 17.7 Å². The summed E-state index contributed by atoms with van der Waals surface area (Å²) in [7, 11) is 0. The second-order valence-electron chi connectivity index (χ2n) is 6.07. The minimum atomic E-state index is -4.82. The predicted octanol–water partition coefficient (Wildman–Crippen LogP) is 4.43. The third-order valence-corrected chi connectivity index (χ3v) is 3.48. The molecular formula is C15H14ClF3O3. The van der Waals surface area contributed by atoms with Gasteiger partial charge in [0.15, 0.2) is 0 Å². The van der Waals surface area contributed by atoms with E-state index in [9.17, 15) is 18.0 Å². The number of alkyl halides is 3. The van der Waals surface area contributed by atoms with Crippen molar-refractivity contribution in [2.24, 2.45) is 0 Å². The molecule has 0 aliphatic carbocycles. The maximum atomic E-state index is 13.1. The van der Waals surface area contributed by atoms with Crippen LogP contribution in [0.3, 0.4) is 0 Å². The molecule has 120 valence electrons. The first-order valence-corrected chi connectivity index (χ1v) is 6.81. The molecule has 1 aliphatic rings. The second kappa shape index (κ2) is 5.19. The van der Waals surface area contributed by atoms with Gasteiger partial charge in [-0.1, -0.05) is 32.4 Å². The first-order valence-electron chi connectivity index (χ1n) is 6.43. The third-order valence-electron chi connectivity index (χ3n) is 3.26. The highest BCUT2D eigenvalue weighted by atomic mass is 35.5. The van der Waals surface area contributed by atoms with Gasteiger partial charge in [0.05, 0.1) is 5.57 Å². The lowest BCUT2D eigenvalue weighted by Gasteiger charge is -2.31. The summed E-state index contributed by atoms with van der Waals surface area (Å²) in [6, 6.07) is 2.93. The molecule has 0 aromatic heterocycles. The molecule has 1 unspecified atom stereocenters. The third kappa shape index (κ3) is 3.06. The minimum absolute atomic E-state index is 0.0178. The van der Waals surface area contributed by atoms with Gasteiger partial charge in [0, 0.05) is 16.1 Å². The zero-order valence-electron chi connectivity index (χ0n) is 12.1. The lowest BCUT2D eigenvalue weighted by atomic mass is 9.84. The zero-order valence-corrected chi connectivity index (χ0v) is 12.8. The number of benzene rings is 1. The first kappa shape index (κ1) is 16.7. The van der Waals surface area contributed by atoms with Gasteiger partial charge in [-0.3, -0.25) is 0 Å². The Morgan fingerprint density at radius 3 is 2.32 bits per heavy atom. The van der Waals surface area contributed by atoms with E-state index in [1.165, 1.54) is 12.1 Å². The maximum Gasteiger partial charge on any atom is 0.430 e. The molecule has 1 aromatic carbocycles. The average Bonchev–Trinajstić information content (AvgIpc) is 2.33. The zero-order chi connectivity index (χ0) is 16.9. The lowest BCUT2D eigenvalue weighted by Crippen LogP contribution is -2.41. The molecule has 3 nitrogen and oxygen atoms in total. The highest BCUT2D eigenvalue weighted by Gasteiger charge is 2.49. The summed E-state index contributed by atoms with van der Waals surface area (Å²) in [5, 5.41) is 9.32. The van der Waals surface area contributed by atoms with Crippen molar-refractivity contribution in [1.29, 1.82) is 0 Å². The molecule has 0 amide bonds. The summed E-state index contributed by atoms with van der Waals surface area (Å²) in [6.07, 6.45) is -6.35. The van der Waals surface area contributed by atoms with Gasteiger partial charge >= 0.3 is 12.1 Å². The van der Waals surface area contributed by atoms with Crippen LogP contribution in [0.1, 0.15) is 31.9 Å². The SMILES string of the molecule is CC(C)(C)c1cc(Cl)cc2c1OC(C(F)(F)F)C(C(=O)O)=C2. The van der Waals surface area contributed by atoms with Crippen molar-refractivity contribution in [1.82, 2.24) is 0 Å². The molecule has 1 aliphatic heterocycles. The largest absolute Gasteiger partial charge is 0.478 e. The average molecular weight is 335 g/mol. The van der Waals surface area contributed by atoms with Gasteiger partial charge in [0.2, 0.25) is 6.10 Å². The van der Waals surface area contributed by atoms with Crippen LogP contribution in [0.2, 0.25) is 5.02 Å². The van der Waals surface area contributed by atoms with Crippen molar-refractivity contribution >= 4 is 23.6 Å². The smallest absolute Gasteiger partial charge is 0.430 e. The molecule has 22 heavy (non-hydrogen) atoms. The number of fused-ring (bicyclic) bond motifs is 1. The normalized spacial score (nSPS) is 18.3. The standard InChI is InChI=1S/C15H14ClF3O3/c1-14(2,3)10-6-8(16)4-7-5-9(13(20)21)12(15(17,18)19)22-11(7)10/h4-6,12H,1-3H3,(H,20,21). The quantitative estimate of drug-likeness (QED) is 0.826. The number of aliphatic carboxylic acids is 1. The fraction of sp³-hybridized carbons (Fsp3) is 0.400. The van der Waals surface area contributed by atoms with Gasteiger partial charge in [-0.2, -0.15) is 13.2 Å². The Bertz CT molecular complexity index is 657. The fourth-order valence-corrected chi connectivity index (χ4v) is 2.48. The second-order valence-corrected chi connectivity index (χ2v) is 6.50. The summed E-state index contributed by atoms with van der Waals surface area (Å²) in [5.74, 6) is -1.66. The Balaban J connectivity index is 2.71. The molecular weight excluding hydrogens is 321 g/mol. The minimum Gasteiger partial charge on any atom is -0.478 e. The van der Waals surface area contributed by atoms with Crippen LogP contribution in [0.4, 0.5) is 13.2 Å². The molecule has 1 heterocycles. The van der Waals surface area contributed by atoms with Crippen molar-refractivity contribution in [2.75, 3.05) is 0 Å². The van der Waals surface area contributed by atoms with E-state index < -0.39 is 29.2 Å². The number of halogens is 4. The fourth-order valence-electron chi connectivity index (χ4n) is 2.25. The molecule has 7 heteroatoms. The van der Waals surface area contributed by atoms with Crippen molar-refractivity contribution < 1.29 is 27.8 Å². The van der Waals surface area contributed by atoms with Crippen LogP contribution in [0.25, 0.3) is 6.08 Å². The number of carbonyl (C=O) groups is 1. The highest BCUT2D eigenvalue weighted by Crippen LogP contribution is 2.43. The number of ether oxygens (including phenoxy) is 1. The van der Waals surface area contributed by atoms with Crippen LogP contribution in [0.5, 0.6) is 5.75 Å². The number of rotatable bonds is 1. The van der Waals surface area contributed by atoms with E-state index in [2.05, 4.69) is 0 Å². The van der Waals surface area contributed by atoms with Crippen molar-refractivity contribution in [2.45, 2.75) is 38.5 Å². The van der Waals surface area contributed by atoms with Gasteiger partial charge in [0.25, 0.3) is 0 Å². The first-order chi connectivity index (χ1) is 9.91. The van der Waals surface area contributed by atoms with Gasteiger partial charge in [0.1, 0.15) is 5.75 Å². The maximum absolute atomic E-state index is 13.1. The summed E-state index contributed by atoms with van der Waals surface area (Å²) in [4.78, 5) is 11.1. The Morgan fingerprint density at radius 1 is 1.27 bits per heavy atom. The van der Waals surface area contributed by atoms with Crippen LogP contribution in [-0.2, 0) is 10.2 Å². The summed E-state index contributed by atoms with van der Waals surface area (Å²) < 4.78 is 44.3. The Hall–Kier alpha value is -1.69. The van der Waals surface area contributed by atoms with Gasteiger partial charge < -0.3 is 9.84 Å². The van der Waals surface area contributed by atoms with Crippen molar-refractivity contribution in [3.63, 3.8) is 0 Å². The number of carboxylic acids is 1. The molecule has 1 N–H and O–H groups in total. The van der Waals surface area contributed by atoms with E-state index >= 15 is 0 Å². The summed E-state index contributed by atoms with van der Waals surface area (Å²) >= 11 is 5.99. The Morgan fingerprint density at radius 2 is 1.86 bits per heavy atom. The van der Waals surface area contributed by atoms with Crippen LogP contribution >= 0.6 is 11.6 Å². The van der Waals surface area contributed by atoms with Crippen LogP contribution < -0.4 is 4.74 Å². The van der Waals surface area contributed by atoms with E-state index in [1.807, 2.05) is 0 Å². The monoisotopic (exact) mass is 334 g/mol. The van der Waals surface area contributed by atoms with Gasteiger partial charge in [-0.15, -0.1) is 0 Å². The Kier molecular flexibility index (Phi) is 3.94. The molecule has 0 saturated carbocycles. The predicted molar refractivity (Wildman–Crippen MR) is 76.2 cm³/mol.